The van der Waals surface area contributed by atoms with Gasteiger partial charge < -0.3 is 19.4 Å². The third-order valence-electron chi connectivity index (χ3n) is 2.98. The molecule has 0 aliphatic carbocycles. The highest BCUT2D eigenvalue weighted by Gasteiger charge is 2.08. The van der Waals surface area contributed by atoms with E-state index in [1.807, 2.05) is 12.1 Å². The lowest BCUT2D eigenvalue weighted by Gasteiger charge is -2.11. The van der Waals surface area contributed by atoms with Crippen LogP contribution in [0.15, 0.2) is 53.7 Å². The Balaban J connectivity index is 2.09. The predicted octanol–water partition coefficient (Wildman–Crippen LogP) is 2.96. The number of hydrogen-bond acceptors (Lipinski definition) is 5. The van der Waals surface area contributed by atoms with E-state index in [4.69, 9.17) is 19.4 Å². The van der Waals surface area contributed by atoms with Crippen molar-refractivity contribution in [1.82, 2.24) is 0 Å². The number of rotatable bonds is 6. The van der Waals surface area contributed by atoms with E-state index < -0.39 is 0 Å². The summed E-state index contributed by atoms with van der Waals surface area (Å²) in [5.41, 5.74) is 1.18. The number of oxime groups is 1. The van der Waals surface area contributed by atoms with Crippen LogP contribution in [-0.4, -0.2) is 31.7 Å². The zero-order valence-electron chi connectivity index (χ0n) is 11.9. The molecule has 0 aliphatic rings. The van der Waals surface area contributed by atoms with Gasteiger partial charge in [-0.15, -0.1) is 0 Å². The summed E-state index contributed by atoms with van der Waals surface area (Å²) < 4.78 is 15.9. The number of methoxy groups -OCH3 is 2. The normalized spacial score (nSPS) is 11.0. The lowest BCUT2D eigenvalue weighted by Crippen LogP contribution is -2.13. The standard InChI is InChI=1S/C16H17NO4/c1-19-13-9-7-12(8-10-13)14(17-18)11-21-16-6-4-3-5-15(16)20-2/h3-10,18H,11H2,1-2H3/b17-14+. The van der Waals surface area contributed by atoms with E-state index in [1.165, 1.54) is 0 Å². The molecule has 0 aliphatic heterocycles. The third-order valence-corrected chi connectivity index (χ3v) is 2.98. The quantitative estimate of drug-likeness (QED) is 0.504. The highest BCUT2D eigenvalue weighted by Crippen LogP contribution is 2.26. The molecular formula is C16H17NO4. The van der Waals surface area contributed by atoms with E-state index in [1.54, 1.807) is 50.6 Å². The van der Waals surface area contributed by atoms with Crippen molar-refractivity contribution in [2.75, 3.05) is 20.8 Å². The van der Waals surface area contributed by atoms with Gasteiger partial charge in [-0.25, -0.2) is 0 Å². The first-order chi connectivity index (χ1) is 10.3. The van der Waals surface area contributed by atoms with Gasteiger partial charge in [0.25, 0.3) is 0 Å². The van der Waals surface area contributed by atoms with Gasteiger partial charge in [0.1, 0.15) is 18.1 Å². The van der Waals surface area contributed by atoms with Crippen molar-refractivity contribution in [2.45, 2.75) is 0 Å². The predicted molar refractivity (Wildman–Crippen MR) is 79.8 cm³/mol. The first kappa shape index (κ1) is 14.7. The second-order valence-electron chi connectivity index (χ2n) is 4.21. The second-order valence-corrected chi connectivity index (χ2v) is 4.21. The maximum absolute atomic E-state index is 9.16. The summed E-state index contributed by atoms with van der Waals surface area (Å²) in [7, 11) is 3.17. The number of para-hydroxylation sites is 2. The van der Waals surface area contributed by atoms with Crippen molar-refractivity contribution >= 4 is 5.71 Å². The molecule has 0 unspecified atom stereocenters. The molecule has 0 bridgehead atoms. The molecule has 0 amide bonds. The van der Waals surface area contributed by atoms with Crippen molar-refractivity contribution in [3.8, 4) is 17.2 Å². The monoisotopic (exact) mass is 287 g/mol. The van der Waals surface area contributed by atoms with Crippen LogP contribution in [0.4, 0.5) is 0 Å². The number of nitrogens with zero attached hydrogens (tertiary/aromatic N) is 1. The Kier molecular flexibility index (Phi) is 5.04. The van der Waals surface area contributed by atoms with Crippen molar-refractivity contribution in [2.24, 2.45) is 5.16 Å². The zero-order chi connectivity index (χ0) is 15.1. The van der Waals surface area contributed by atoms with Gasteiger partial charge in [-0.1, -0.05) is 17.3 Å². The van der Waals surface area contributed by atoms with E-state index in [0.29, 0.717) is 17.2 Å². The van der Waals surface area contributed by atoms with Crippen LogP contribution in [0.2, 0.25) is 0 Å². The molecule has 2 aromatic carbocycles. The molecule has 0 saturated carbocycles. The van der Waals surface area contributed by atoms with Crippen LogP contribution in [0, 0.1) is 0 Å². The molecule has 2 aromatic rings. The molecule has 0 atom stereocenters. The Bertz CT molecular complexity index is 608. The van der Waals surface area contributed by atoms with Gasteiger partial charge >= 0.3 is 0 Å². The van der Waals surface area contributed by atoms with Crippen molar-refractivity contribution in [3.05, 3.63) is 54.1 Å². The second kappa shape index (κ2) is 7.19. The summed E-state index contributed by atoms with van der Waals surface area (Å²) in [6.07, 6.45) is 0. The molecule has 0 aromatic heterocycles. The summed E-state index contributed by atoms with van der Waals surface area (Å²) in [4.78, 5) is 0. The average Bonchev–Trinajstić information content (AvgIpc) is 2.56. The van der Waals surface area contributed by atoms with Gasteiger partial charge in [-0.3, -0.25) is 0 Å². The van der Waals surface area contributed by atoms with E-state index in [0.717, 1.165) is 11.3 Å². The summed E-state index contributed by atoms with van der Waals surface area (Å²) in [6.45, 7) is 0.128. The number of hydrogen-bond donors (Lipinski definition) is 1. The van der Waals surface area contributed by atoms with E-state index >= 15 is 0 Å². The van der Waals surface area contributed by atoms with Crippen molar-refractivity contribution in [1.29, 1.82) is 0 Å². The first-order valence-corrected chi connectivity index (χ1v) is 6.39. The van der Waals surface area contributed by atoms with Crippen molar-refractivity contribution in [3.63, 3.8) is 0 Å². The molecule has 5 heteroatoms. The molecule has 1 N–H and O–H groups in total. The van der Waals surface area contributed by atoms with Gasteiger partial charge in [0, 0.05) is 5.56 Å². The Morgan fingerprint density at radius 1 is 0.952 bits per heavy atom. The lowest BCUT2D eigenvalue weighted by atomic mass is 10.1. The summed E-state index contributed by atoms with van der Waals surface area (Å²) in [5, 5.41) is 12.5. The lowest BCUT2D eigenvalue weighted by molar-refractivity contribution is 0.302. The van der Waals surface area contributed by atoms with Gasteiger partial charge in [0.15, 0.2) is 11.5 Å². The largest absolute Gasteiger partial charge is 0.497 e. The fraction of sp³-hybridized carbons (Fsp3) is 0.188. The van der Waals surface area contributed by atoms with Crippen molar-refractivity contribution < 1.29 is 19.4 Å². The minimum absolute atomic E-state index is 0.128. The first-order valence-electron chi connectivity index (χ1n) is 6.39. The summed E-state index contributed by atoms with van der Waals surface area (Å²) in [6, 6.07) is 14.5. The third kappa shape index (κ3) is 3.66. The average molecular weight is 287 g/mol. The Morgan fingerprint density at radius 2 is 1.62 bits per heavy atom. The molecule has 110 valence electrons. The van der Waals surface area contributed by atoms with Crippen LogP contribution < -0.4 is 14.2 Å². The summed E-state index contributed by atoms with van der Waals surface area (Å²) in [5.74, 6) is 1.96. The maximum Gasteiger partial charge on any atom is 0.161 e. The maximum atomic E-state index is 9.16. The van der Waals surface area contributed by atoms with Gasteiger partial charge in [0.05, 0.1) is 14.2 Å². The van der Waals surface area contributed by atoms with Crippen LogP contribution in [0.25, 0.3) is 0 Å². The topological polar surface area (TPSA) is 60.3 Å². The smallest absolute Gasteiger partial charge is 0.161 e. The Labute approximate surface area is 123 Å². The molecule has 5 nitrogen and oxygen atoms in total. The zero-order valence-corrected chi connectivity index (χ0v) is 11.9. The molecule has 21 heavy (non-hydrogen) atoms. The van der Waals surface area contributed by atoms with E-state index in [9.17, 15) is 0 Å². The van der Waals surface area contributed by atoms with Crippen LogP contribution in [0.3, 0.4) is 0 Å². The molecule has 0 saturated heterocycles. The molecule has 0 heterocycles. The molecule has 0 radical (unpaired) electrons. The minimum atomic E-state index is 0.128. The highest BCUT2D eigenvalue weighted by molar-refractivity contribution is 6.01. The molecular weight excluding hydrogens is 270 g/mol. The van der Waals surface area contributed by atoms with Gasteiger partial charge in [-0.2, -0.15) is 0 Å². The van der Waals surface area contributed by atoms with Crippen LogP contribution in [-0.2, 0) is 0 Å². The van der Waals surface area contributed by atoms with E-state index in [-0.39, 0.29) is 6.61 Å². The molecule has 0 spiro atoms. The Morgan fingerprint density at radius 3 is 2.19 bits per heavy atom. The van der Waals surface area contributed by atoms with Crippen LogP contribution in [0.1, 0.15) is 5.56 Å². The minimum Gasteiger partial charge on any atom is -0.497 e. The van der Waals surface area contributed by atoms with Crippen LogP contribution >= 0.6 is 0 Å². The van der Waals surface area contributed by atoms with E-state index in [2.05, 4.69) is 5.16 Å². The van der Waals surface area contributed by atoms with Crippen LogP contribution in [0.5, 0.6) is 17.2 Å². The Hall–Kier alpha value is -2.69. The molecule has 2 rings (SSSR count). The fourth-order valence-electron chi connectivity index (χ4n) is 1.84. The SMILES string of the molecule is COc1ccc(/C(COc2ccccc2OC)=N/O)cc1. The highest BCUT2D eigenvalue weighted by atomic mass is 16.5. The number of benzene rings is 2. The van der Waals surface area contributed by atoms with Gasteiger partial charge in [-0.05, 0) is 36.4 Å². The van der Waals surface area contributed by atoms with Gasteiger partial charge in [0.2, 0.25) is 0 Å². The number of ether oxygens (including phenoxy) is 3. The molecule has 0 fully saturated rings. The summed E-state index contributed by atoms with van der Waals surface area (Å²) >= 11 is 0. The fourth-order valence-corrected chi connectivity index (χ4v) is 1.84.